The highest BCUT2D eigenvalue weighted by molar-refractivity contribution is 5.84. The van der Waals surface area contributed by atoms with Gasteiger partial charge in [-0.25, -0.2) is 0 Å². The van der Waals surface area contributed by atoms with Gasteiger partial charge >= 0.3 is 0 Å². The van der Waals surface area contributed by atoms with Crippen LogP contribution in [0.3, 0.4) is 0 Å². The van der Waals surface area contributed by atoms with Gasteiger partial charge in [0.15, 0.2) is 0 Å². The molecule has 0 aromatic heterocycles. The molecule has 3 N–H and O–H groups in total. The SMILES string of the molecule is CC(C)CNC(=O)C(C)(C)N. The molecule has 0 spiro atoms. The molecule has 66 valence electrons. The Hall–Kier alpha value is -0.570. The molecule has 0 atom stereocenters. The summed E-state index contributed by atoms with van der Waals surface area (Å²) < 4.78 is 0. The summed E-state index contributed by atoms with van der Waals surface area (Å²) in [5, 5.41) is 2.76. The zero-order chi connectivity index (χ0) is 9.07. The molecule has 0 heterocycles. The third-order valence-corrected chi connectivity index (χ3v) is 1.26. The summed E-state index contributed by atoms with van der Waals surface area (Å²) in [5.74, 6) is 0.382. The monoisotopic (exact) mass is 158 g/mol. The van der Waals surface area contributed by atoms with E-state index >= 15 is 0 Å². The van der Waals surface area contributed by atoms with Crippen LogP contribution in [0.15, 0.2) is 0 Å². The maximum atomic E-state index is 11.1. The quantitative estimate of drug-likeness (QED) is 0.628. The number of hydrogen-bond acceptors (Lipinski definition) is 2. The molecule has 3 heteroatoms. The number of hydrogen-bond donors (Lipinski definition) is 2. The van der Waals surface area contributed by atoms with E-state index in [0.717, 1.165) is 0 Å². The Morgan fingerprint density at radius 2 is 2.00 bits per heavy atom. The van der Waals surface area contributed by atoms with Crippen molar-refractivity contribution in [3.05, 3.63) is 0 Å². The molecule has 0 unspecified atom stereocenters. The molecule has 0 aromatic carbocycles. The second-order valence-corrected chi connectivity index (χ2v) is 3.83. The highest BCUT2D eigenvalue weighted by Gasteiger charge is 2.20. The van der Waals surface area contributed by atoms with Crippen LogP contribution in [0.4, 0.5) is 0 Å². The molecule has 0 aliphatic rings. The fourth-order valence-electron chi connectivity index (χ4n) is 0.525. The van der Waals surface area contributed by atoms with Crippen molar-refractivity contribution < 1.29 is 4.79 Å². The molecule has 0 radical (unpaired) electrons. The predicted octanol–water partition coefficient (Wildman–Crippen LogP) is 0.496. The number of carbonyl (C=O) groups is 1. The van der Waals surface area contributed by atoms with Crippen LogP contribution in [0, 0.1) is 5.92 Å². The van der Waals surface area contributed by atoms with Crippen LogP contribution >= 0.6 is 0 Å². The van der Waals surface area contributed by atoms with E-state index in [1.165, 1.54) is 0 Å². The van der Waals surface area contributed by atoms with Gasteiger partial charge in [0.05, 0.1) is 5.54 Å². The maximum absolute atomic E-state index is 11.1. The van der Waals surface area contributed by atoms with Crippen LogP contribution in [-0.4, -0.2) is 18.0 Å². The molecule has 0 fully saturated rings. The molecule has 1 amide bonds. The fraction of sp³-hybridized carbons (Fsp3) is 0.875. The average Bonchev–Trinajstić information content (AvgIpc) is 1.80. The summed E-state index contributed by atoms with van der Waals surface area (Å²) in [4.78, 5) is 11.1. The average molecular weight is 158 g/mol. The first kappa shape index (κ1) is 10.4. The second-order valence-electron chi connectivity index (χ2n) is 3.83. The largest absolute Gasteiger partial charge is 0.354 e. The minimum Gasteiger partial charge on any atom is -0.354 e. The van der Waals surface area contributed by atoms with E-state index in [1.54, 1.807) is 13.8 Å². The third kappa shape index (κ3) is 4.79. The molecule has 11 heavy (non-hydrogen) atoms. The lowest BCUT2D eigenvalue weighted by atomic mass is 10.1. The number of nitrogens with two attached hydrogens (primary N) is 1. The van der Waals surface area contributed by atoms with Crippen LogP contribution in [0.1, 0.15) is 27.7 Å². The van der Waals surface area contributed by atoms with Gasteiger partial charge in [-0.3, -0.25) is 4.79 Å². The van der Waals surface area contributed by atoms with E-state index in [2.05, 4.69) is 5.32 Å². The van der Waals surface area contributed by atoms with E-state index < -0.39 is 5.54 Å². The lowest BCUT2D eigenvalue weighted by Gasteiger charge is -2.18. The molecule has 3 nitrogen and oxygen atoms in total. The Kier molecular flexibility index (Phi) is 3.52. The number of amides is 1. The van der Waals surface area contributed by atoms with Gasteiger partial charge in [-0.05, 0) is 19.8 Å². The van der Waals surface area contributed by atoms with Gasteiger partial charge in [-0.1, -0.05) is 13.8 Å². The molecular weight excluding hydrogens is 140 g/mol. The first-order chi connectivity index (χ1) is 4.84. The number of carbonyl (C=O) groups excluding carboxylic acids is 1. The van der Waals surface area contributed by atoms with Crippen LogP contribution in [0.2, 0.25) is 0 Å². The van der Waals surface area contributed by atoms with Crippen LogP contribution in [-0.2, 0) is 4.79 Å². The van der Waals surface area contributed by atoms with Crippen molar-refractivity contribution in [3.8, 4) is 0 Å². The van der Waals surface area contributed by atoms with Crippen LogP contribution in [0.5, 0.6) is 0 Å². The Morgan fingerprint density at radius 3 is 2.27 bits per heavy atom. The topological polar surface area (TPSA) is 55.1 Å². The molecule has 0 aliphatic heterocycles. The van der Waals surface area contributed by atoms with Crippen molar-refractivity contribution in [1.29, 1.82) is 0 Å². The van der Waals surface area contributed by atoms with Gasteiger partial charge in [0.1, 0.15) is 0 Å². The number of nitrogens with one attached hydrogen (secondary N) is 1. The highest BCUT2D eigenvalue weighted by Crippen LogP contribution is 1.96. The summed E-state index contributed by atoms with van der Waals surface area (Å²) in [6.45, 7) is 8.18. The van der Waals surface area contributed by atoms with Gasteiger partial charge in [0, 0.05) is 6.54 Å². The molecular formula is C8H18N2O. The lowest BCUT2D eigenvalue weighted by molar-refractivity contribution is -0.125. The smallest absolute Gasteiger partial charge is 0.239 e. The van der Waals surface area contributed by atoms with Crippen molar-refractivity contribution in [2.45, 2.75) is 33.2 Å². The molecule has 0 aliphatic carbocycles. The van der Waals surface area contributed by atoms with Crippen molar-refractivity contribution in [2.75, 3.05) is 6.54 Å². The highest BCUT2D eigenvalue weighted by atomic mass is 16.2. The Bertz CT molecular complexity index is 136. The van der Waals surface area contributed by atoms with Gasteiger partial charge in [0.25, 0.3) is 0 Å². The van der Waals surface area contributed by atoms with Crippen molar-refractivity contribution in [1.82, 2.24) is 5.32 Å². The fourth-order valence-corrected chi connectivity index (χ4v) is 0.525. The van der Waals surface area contributed by atoms with Crippen molar-refractivity contribution >= 4 is 5.91 Å². The zero-order valence-electron chi connectivity index (χ0n) is 7.77. The molecule has 0 rings (SSSR count). The van der Waals surface area contributed by atoms with E-state index in [9.17, 15) is 4.79 Å². The summed E-state index contributed by atoms with van der Waals surface area (Å²) in [6.07, 6.45) is 0. The van der Waals surface area contributed by atoms with E-state index in [-0.39, 0.29) is 5.91 Å². The summed E-state index contributed by atoms with van der Waals surface area (Å²) in [5.41, 5.74) is 4.80. The van der Waals surface area contributed by atoms with E-state index in [4.69, 9.17) is 5.73 Å². The van der Waals surface area contributed by atoms with Gasteiger partial charge in [-0.2, -0.15) is 0 Å². The lowest BCUT2D eigenvalue weighted by Crippen LogP contribution is -2.49. The van der Waals surface area contributed by atoms with E-state index in [1.807, 2.05) is 13.8 Å². The number of rotatable bonds is 3. The van der Waals surface area contributed by atoms with Gasteiger partial charge < -0.3 is 11.1 Å². The standard InChI is InChI=1S/C8H18N2O/c1-6(2)5-10-7(11)8(3,4)9/h6H,5,9H2,1-4H3,(H,10,11). The normalized spacial score (nSPS) is 11.8. The molecule has 0 saturated carbocycles. The second kappa shape index (κ2) is 3.72. The molecule has 0 bridgehead atoms. The first-order valence-electron chi connectivity index (χ1n) is 3.91. The zero-order valence-corrected chi connectivity index (χ0v) is 7.77. The minimum atomic E-state index is -0.755. The van der Waals surface area contributed by atoms with Gasteiger partial charge in [0.2, 0.25) is 5.91 Å². The summed E-state index contributed by atoms with van der Waals surface area (Å²) in [7, 11) is 0. The maximum Gasteiger partial charge on any atom is 0.239 e. The van der Waals surface area contributed by atoms with Crippen molar-refractivity contribution in [2.24, 2.45) is 11.7 Å². The Balaban J connectivity index is 3.71. The molecule has 0 saturated heterocycles. The van der Waals surface area contributed by atoms with Crippen molar-refractivity contribution in [3.63, 3.8) is 0 Å². The third-order valence-electron chi connectivity index (χ3n) is 1.26. The Labute approximate surface area is 68.3 Å². The Morgan fingerprint density at radius 1 is 1.55 bits per heavy atom. The summed E-state index contributed by atoms with van der Waals surface area (Å²) in [6, 6.07) is 0. The predicted molar refractivity (Wildman–Crippen MR) is 46.1 cm³/mol. The van der Waals surface area contributed by atoms with Crippen LogP contribution in [0.25, 0.3) is 0 Å². The van der Waals surface area contributed by atoms with E-state index in [0.29, 0.717) is 12.5 Å². The molecule has 0 aromatic rings. The minimum absolute atomic E-state index is 0.0915. The van der Waals surface area contributed by atoms with Crippen LogP contribution < -0.4 is 11.1 Å². The summed E-state index contributed by atoms with van der Waals surface area (Å²) >= 11 is 0. The van der Waals surface area contributed by atoms with Gasteiger partial charge in [-0.15, -0.1) is 0 Å². The first-order valence-corrected chi connectivity index (χ1v) is 3.91.